The van der Waals surface area contributed by atoms with Crippen molar-refractivity contribution in [2.24, 2.45) is 0 Å². The average Bonchev–Trinajstić information content (AvgIpc) is 2.77. The molecule has 6 nitrogen and oxygen atoms in total. The Labute approximate surface area is 174 Å². The molecule has 0 spiro atoms. The Morgan fingerprint density at radius 2 is 1.93 bits per heavy atom. The molecule has 29 heavy (non-hydrogen) atoms. The van der Waals surface area contributed by atoms with E-state index in [4.69, 9.17) is 4.74 Å². The molecule has 0 aromatic heterocycles. The first kappa shape index (κ1) is 21.5. The lowest BCUT2D eigenvalue weighted by molar-refractivity contribution is -0.134. The van der Waals surface area contributed by atoms with Crippen LogP contribution in [-0.2, 0) is 9.59 Å². The number of hydrogen-bond donors (Lipinski definition) is 1. The summed E-state index contributed by atoms with van der Waals surface area (Å²) < 4.78 is 6.00. The summed E-state index contributed by atoms with van der Waals surface area (Å²) >= 11 is 0. The fourth-order valence-electron chi connectivity index (χ4n) is 4.39. The van der Waals surface area contributed by atoms with Crippen LogP contribution in [0, 0.1) is 0 Å². The molecule has 1 aromatic rings. The molecule has 2 aliphatic heterocycles. The number of ether oxygens (including phenoxy) is 1. The molecule has 1 aromatic carbocycles. The number of fused-ring (bicyclic) bond motifs is 1. The van der Waals surface area contributed by atoms with E-state index >= 15 is 0 Å². The third-order valence-electron chi connectivity index (χ3n) is 6.23. The summed E-state index contributed by atoms with van der Waals surface area (Å²) in [6, 6.07) is 8.17. The number of hydrogen-bond acceptors (Lipinski definition) is 4. The van der Waals surface area contributed by atoms with Crippen molar-refractivity contribution >= 4 is 17.5 Å². The highest BCUT2D eigenvalue weighted by Crippen LogP contribution is 2.33. The fourth-order valence-corrected chi connectivity index (χ4v) is 4.39. The van der Waals surface area contributed by atoms with Crippen LogP contribution in [-0.4, -0.2) is 54.5 Å². The monoisotopic (exact) mass is 401 g/mol. The number of rotatable bonds is 7. The number of nitrogens with zero attached hydrogens (tertiary/aromatic N) is 2. The zero-order chi connectivity index (χ0) is 20.8. The van der Waals surface area contributed by atoms with Gasteiger partial charge in [0.25, 0.3) is 5.91 Å². The summed E-state index contributed by atoms with van der Waals surface area (Å²) in [6.07, 6.45) is 5.52. The zero-order valence-electron chi connectivity index (χ0n) is 18.0. The van der Waals surface area contributed by atoms with Gasteiger partial charge in [-0.25, -0.2) is 0 Å². The molecule has 2 unspecified atom stereocenters. The van der Waals surface area contributed by atoms with E-state index in [9.17, 15) is 9.59 Å². The van der Waals surface area contributed by atoms with Crippen molar-refractivity contribution < 1.29 is 14.3 Å². The van der Waals surface area contributed by atoms with Gasteiger partial charge in [0.15, 0.2) is 6.10 Å². The fraction of sp³-hybridized carbons (Fsp3) is 0.652. The summed E-state index contributed by atoms with van der Waals surface area (Å²) in [5.74, 6) is 0.712. The maximum Gasteiger partial charge on any atom is 0.263 e. The highest BCUT2D eigenvalue weighted by molar-refractivity contribution is 5.86. The maximum atomic E-state index is 13.1. The van der Waals surface area contributed by atoms with Gasteiger partial charge >= 0.3 is 0 Å². The van der Waals surface area contributed by atoms with E-state index in [-0.39, 0.29) is 24.4 Å². The summed E-state index contributed by atoms with van der Waals surface area (Å²) in [5, 5.41) is 3.08. The van der Waals surface area contributed by atoms with Crippen LogP contribution >= 0.6 is 0 Å². The number of likely N-dealkylation sites (tertiary alicyclic amines) is 1. The minimum Gasteiger partial charge on any atom is -0.477 e. The van der Waals surface area contributed by atoms with E-state index < -0.39 is 6.10 Å². The Hall–Kier alpha value is -2.24. The van der Waals surface area contributed by atoms with Gasteiger partial charge in [0.1, 0.15) is 5.75 Å². The maximum absolute atomic E-state index is 13.1. The number of benzene rings is 1. The number of carbonyl (C=O) groups is 2. The lowest BCUT2D eigenvalue weighted by atomic mass is 10.00. The van der Waals surface area contributed by atoms with E-state index in [0.29, 0.717) is 18.3 Å². The first-order valence-electron chi connectivity index (χ1n) is 11.2. The third-order valence-corrected chi connectivity index (χ3v) is 6.23. The van der Waals surface area contributed by atoms with Gasteiger partial charge in [-0.1, -0.05) is 32.9 Å². The van der Waals surface area contributed by atoms with E-state index in [1.807, 2.05) is 34.1 Å². The van der Waals surface area contributed by atoms with Crippen molar-refractivity contribution in [2.45, 2.75) is 77.5 Å². The van der Waals surface area contributed by atoms with Crippen LogP contribution in [0.1, 0.15) is 59.3 Å². The molecule has 160 valence electrons. The molecule has 2 heterocycles. The Morgan fingerprint density at radius 1 is 1.17 bits per heavy atom. The van der Waals surface area contributed by atoms with Gasteiger partial charge in [-0.15, -0.1) is 0 Å². The highest BCUT2D eigenvalue weighted by atomic mass is 16.5. The van der Waals surface area contributed by atoms with Crippen molar-refractivity contribution in [3.63, 3.8) is 0 Å². The minimum atomic E-state index is -0.610. The molecule has 1 saturated heterocycles. The van der Waals surface area contributed by atoms with Crippen LogP contribution < -0.4 is 15.0 Å². The van der Waals surface area contributed by atoms with Gasteiger partial charge in [-0.3, -0.25) is 9.59 Å². The third kappa shape index (κ3) is 5.03. The molecule has 3 rings (SSSR count). The Morgan fingerprint density at radius 3 is 2.66 bits per heavy atom. The summed E-state index contributed by atoms with van der Waals surface area (Å²) in [4.78, 5) is 30.0. The Balaban J connectivity index is 1.74. The van der Waals surface area contributed by atoms with Gasteiger partial charge in [-0.05, 0) is 50.7 Å². The quantitative estimate of drug-likeness (QED) is 0.761. The van der Waals surface area contributed by atoms with Crippen molar-refractivity contribution in [1.82, 2.24) is 10.2 Å². The molecule has 0 saturated carbocycles. The van der Waals surface area contributed by atoms with E-state index in [1.54, 1.807) is 0 Å². The zero-order valence-corrected chi connectivity index (χ0v) is 18.0. The molecular weight excluding hydrogens is 366 g/mol. The smallest absolute Gasteiger partial charge is 0.263 e. The van der Waals surface area contributed by atoms with Crippen LogP contribution in [0.3, 0.4) is 0 Å². The average molecular weight is 402 g/mol. The van der Waals surface area contributed by atoms with Crippen LogP contribution in [0.5, 0.6) is 5.75 Å². The van der Waals surface area contributed by atoms with Gasteiger partial charge < -0.3 is 19.9 Å². The Bertz CT molecular complexity index is 704. The number of nitrogens with one attached hydrogen (secondary N) is 1. The van der Waals surface area contributed by atoms with E-state index in [2.05, 4.69) is 26.1 Å². The molecule has 2 amide bonds. The lowest BCUT2D eigenvalue weighted by Gasteiger charge is -2.39. The number of amides is 2. The second-order valence-electron chi connectivity index (χ2n) is 8.12. The molecule has 6 heteroatoms. The first-order chi connectivity index (χ1) is 14.1. The molecule has 0 aliphatic carbocycles. The molecular formula is C23H35N3O3. The number of carbonyl (C=O) groups excluding carboxylic acids is 2. The molecule has 1 N–H and O–H groups in total. The van der Waals surface area contributed by atoms with Crippen LogP contribution in [0.4, 0.5) is 5.69 Å². The summed E-state index contributed by atoms with van der Waals surface area (Å²) in [7, 11) is 0. The predicted octanol–water partition coefficient (Wildman–Crippen LogP) is 3.35. The van der Waals surface area contributed by atoms with Gasteiger partial charge in [0, 0.05) is 18.6 Å². The molecule has 1 fully saturated rings. The second-order valence-corrected chi connectivity index (χ2v) is 8.12. The summed E-state index contributed by atoms with van der Waals surface area (Å²) in [5.41, 5.74) is 0.887. The van der Waals surface area contributed by atoms with Crippen LogP contribution in [0.15, 0.2) is 24.3 Å². The van der Waals surface area contributed by atoms with Crippen LogP contribution in [0.2, 0.25) is 0 Å². The van der Waals surface area contributed by atoms with Crippen molar-refractivity contribution in [3.05, 3.63) is 24.3 Å². The van der Waals surface area contributed by atoms with Crippen molar-refractivity contribution in [1.29, 1.82) is 0 Å². The molecule has 0 bridgehead atoms. The number of para-hydroxylation sites is 2. The van der Waals surface area contributed by atoms with E-state index in [1.165, 1.54) is 6.42 Å². The predicted molar refractivity (Wildman–Crippen MR) is 115 cm³/mol. The SMILES string of the molecule is CCC(CC)NC(=O)C1CN(CC(=O)N2CCCCC2CC)c2ccccc2O1. The number of anilines is 1. The van der Waals surface area contributed by atoms with Crippen molar-refractivity contribution in [3.8, 4) is 5.75 Å². The standard InChI is InChI=1S/C23H35N3O3/c1-4-17(5-2)24-23(28)21-15-25(19-12-7-8-13-20(19)29-21)16-22(27)26-14-10-9-11-18(26)6-3/h7-8,12-13,17-18,21H,4-6,9-11,14-16H2,1-3H3,(H,24,28). The second kappa shape index (κ2) is 9.99. The first-order valence-corrected chi connectivity index (χ1v) is 11.2. The summed E-state index contributed by atoms with van der Waals surface area (Å²) in [6.45, 7) is 7.80. The highest BCUT2D eigenvalue weighted by Gasteiger charge is 2.34. The normalized spacial score (nSPS) is 21.5. The van der Waals surface area contributed by atoms with Gasteiger partial charge in [0.05, 0.1) is 18.8 Å². The molecule has 2 atom stereocenters. The number of piperidine rings is 1. The van der Waals surface area contributed by atoms with Gasteiger partial charge in [0.2, 0.25) is 5.91 Å². The van der Waals surface area contributed by atoms with Crippen molar-refractivity contribution in [2.75, 3.05) is 24.5 Å². The van der Waals surface area contributed by atoms with Gasteiger partial charge in [-0.2, -0.15) is 0 Å². The Kier molecular flexibility index (Phi) is 7.40. The molecule has 2 aliphatic rings. The van der Waals surface area contributed by atoms with E-state index in [0.717, 1.165) is 44.3 Å². The largest absolute Gasteiger partial charge is 0.477 e. The minimum absolute atomic E-state index is 0.102. The topological polar surface area (TPSA) is 61.9 Å². The van der Waals surface area contributed by atoms with Crippen LogP contribution in [0.25, 0.3) is 0 Å². The molecule has 0 radical (unpaired) electrons. The lowest BCUT2D eigenvalue weighted by Crippen LogP contribution is -2.54.